The minimum absolute atomic E-state index is 0.485. The molecule has 0 amide bonds. The van der Waals surface area contributed by atoms with Crippen LogP contribution < -0.4 is 0 Å². The van der Waals surface area contributed by atoms with Crippen molar-refractivity contribution >= 4 is 39.1 Å². The summed E-state index contributed by atoms with van der Waals surface area (Å²) in [5.74, 6) is 0.485. The summed E-state index contributed by atoms with van der Waals surface area (Å²) in [5.41, 5.74) is 3.16. The predicted molar refractivity (Wildman–Crippen MR) is 74.1 cm³/mol. The highest BCUT2D eigenvalue weighted by Gasteiger charge is 2.09. The minimum Gasteiger partial charge on any atom is -0.122 e. The van der Waals surface area contributed by atoms with Crippen LogP contribution in [0.5, 0.6) is 0 Å². The second-order valence-electron chi connectivity index (χ2n) is 3.39. The first-order chi connectivity index (χ1) is 7.74. The van der Waals surface area contributed by atoms with Gasteiger partial charge in [-0.05, 0) is 33.1 Å². The maximum atomic E-state index is 6.17. The zero-order valence-electron chi connectivity index (χ0n) is 8.38. The molecule has 0 unspecified atom stereocenters. The van der Waals surface area contributed by atoms with Crippen LogP contribution in [-0.4, -0.2) is 0 Å². The second-order valence-corrected chi connectivity index (χ2v) is 4.86. The molecule has 3 heteroatoms. The highest BCUT2D eigenvalue weighted by atomic mass is 79.9. The third-order valence-electron chi connectivity index (χ3n) is 2.39. The molecule has 82 valence electrons. The molecule has 0 aliphatic rings. The van der Waals surface area contributed by atoms with Gasteiger partial charge < -0.3 is 0 Å². The average molecular weight is 316 g/mol. The SMILES string of the molecule is ClCc1cccc(-c2ccccc2Cl)c1Br. The Hall–Kier alpha value is -0.500. The van der Waals surface area contributed by atoms with Gasteiger partial charge in [-0.2, -0.15) is 0 Å². The van der Waals surface area contributed by atoms with E-state index in [1.54, 1.807) is 0 Å². The number of hydrogen-bond acceptors (Lipinski definition) is 0. The van der Waals surface area contributed by atoms with Crippen molar-refractivity contribution in [2.75, 3.05) is 0 Å². The second kappa shape index (κ2) is 5.22. The van der Waals surface area contributed by atoms with Crippen LogP contribution in [0.4, 0.5) is 0 Å². The van der Waals surface area contributed by atoms with Crippen LogP contribution in [0.1, 0.15) is 5.56 Å². The number of benzene rings is 2. The highest BCUT2D eigenvalue weighted by molar-refractivity contribution is 9.10. The van der Waals surface area contributed by atoms with E-state index in [1.165, 1.54) is 0 Å². The van der Waals surface area contributed by atoms with E-state index in [0.29, 0.717) is 5.88 Å². The molecule has 0 aliphatic heterocycles. The van der Waals surface area contributed by atoms with E-state index >= 15 is 0 Å². The molecule has 16 heavy (non-hydrogen) atoms. The smallest absolute Gasteiger partial charge is 0.0485 e. The molecular formula is C13H9BrCl2. The number of halogens is 3. The minimum atomic E-state index is 0.485. The summed E-state index contributed by atoms with van der Waals surface area (Å²) in [7, 11) is 0. The van der Waals surface area contributed by atoms with Crippen molar-refractivity contribution in [2.24, 2.45) is 0 Å². The molecule has 0 saturated carbocycles. The molecule has 0 atom stereocenters. The van der Waals surface area contributed by atoms with Crippen molar-refractivity contribution in [1.29, 1.82) is 0 Å². The maximum Gasteiger partial charge on any atom is 0.0485 e. The molecule has 0 saturated heterocycles. The van der Waals surface area contributed by atoms with Crippen LogP contribution in [0, 0.1) is 0 Å². The van der Waals surface area contributed by atoms with Gasteiger partial charge in [0.05, 0.1) is 0 Å². The molecule has 0 fully saturated rings. The normalized spacial score (nSPS) is 10.4. The molecule has 2 rings (SSSR count). The zero-order valence-corrected chi connectivity index (χ0v) is 11.5. The lowest BCUT2D eigenvalue weighted by Gasteiger charge is -2.09. The molecule has 0 N–H and O–H groups in total. The van der Waals surface area contributed by atoms with E-state index in [-0.39, 0.29) is 0 Å². The summed E-state index contributed by atoms with van der Waals surface area (Å²) >= 11 is 15.6. The largest absolute Gasteiger partial charge is 0.122 e. The first kappa shape index (κ1) is 12.0. The molecule has 0 bridgehead atoms. The Morgan fingerprint density at radius 3 is 2.31 bits per heavy atom. The number of hydrogen-bond donors (Lipinski definition) is 0. The summed E-state index contributed by atoms with van der Waals surface area (Å²) < 4.78 is 1.01. The van der Waals surface area contributed by atoms with Gasteiger partial charge in [0, 0.05) is 20.9 Å². The van der Waals surface area contributed by atoms with Crippen LogP contribution >= 0.6 is 39.1 Å². The van der Waals surface area contributed by atoms with Crippen molar-refractivity contribution in [2.45, 2.75) is 5.88 Å². The van der Waals surface area contributed by atoms with Gasteiger partial charge in [-0.3, -0.25) is 0 Å². The topological polar surface area (TPSA) is 0 Å². The first-order valence-electron chi connectivity index (χ1n) is 4.82. The molecular weight excluding hydrogens is 307 g/mol. The van der Waals surface area contributed by atoms with E-state index in [9.17, 15) is 0 Å². The Bertz CT molecular complexity index is 509. The van der Waals surface area contributed by atoms with Crippen molar-refractivity contribution in [3.63, 3.8) is 0 Å². The highest BCUT2D eigenvalue weighted by Crippen LogP contribution is 2.35. The van der Waals surface area contributed by atoms with Crippen LogP contribution in [0.25, 0.3) is 11.1 Å². The van der Waals surface area contributed by atoms with Gasteiger partial charge in [0.15, 0.2) is 0 Å². The van der Waals surface area contributed by atoms with Gasteiger partial charge in [-0.1, -0.05) is 48.0 Å². The Balaban J connectivity index is 2.61. The molecule has 0 heterocycles. The maximum absolute atomic E-state index is 6.17. The van der Waals surface area contributed by atoms with Crippen molar-refractivity contribution in [3.05, 3.63) is 57.5 Å². The fourth-order valence-electron chi connectivity index (χ4n) is 1.57. The van der Waals surface area contributed by atoms with E-state index in [0.717, 1.165) is 26.2 Å². The van der Waals surface area contributed by atoms with Crippen LogP contribution in [0.15, 0.2) is 46.9 Å². The van der Waals surface area contributed by atoms with Crippen LogP contribution in [0.3, 0.4) is 0 Å². The van der Waals surface area contributed by atoms with Crippen molar-refractivity contribution < 1.29 is 0 Å². The van der Waals surface area contributed by atoms with Crippen LogP contribution in [-0.2, 0) is 5.88 Å². The molecule has 2 aromatic rings. The summed E-state index contributed by atoms with van der Waals surface area (Å²) in [4.78, 5) is 0. The fraction of sp³-hybridized carbons (Fsp3) is 0.0769. The monoisotopic (exact) mass is 314 g/mol. The zero-order chi connectivity index (χ0) is 11.5. The Labute approximate surface area is 113 Å². The fourth-order valence-corrected chi connectivity index (χ4v) is 2.81. The van der Waals surface area contributed by atoms with Gasteiger partial charge in [-0.15, -0.1) is 11.6 Å². The molecule has 0 radical (unpaired) electrons. The average Bonchev–Trinajstić information content (AvgIpc) is 2.31. The summed E-state index contributed by atoms with van der Waals surface area (Å²) in [5, 5.41) is 0.745. The Kier molecular flexibility index (Phi) is 3.91. The van der Waals surface area contributed by atoms with E-state index in [1.807, 2.05) is 42.5 Å². The summed E-state index contributed by atoms with van der Waals surface area (Å²) in [6, 6.07) is 13.8. The standard InChI is InChI=1S/C13H9BrCl2/c14-13-9(8-15)4-3-6-11(13)10-5-1-2-7-12(10)16/h1-7H,8H2. The van der Waals surface area contributed by atoms with E-state index < -0.39 is 0 Å². The van der Waals surface area contributed by atoms with Gasteiger partial charge in [0.25, 0.3) is 0 Å². The molecule has 0 nitrogen and oxygen atoms in total. The van der Waals surface area contributed by atoms with E-state index in [4.69, 9.17) is 23.2 Å². The Morgan fingerprint density at radius 1 is 0.938 bits per heavy atom. The third-order valence-corrected chi connectivity index (χ3v) is 3.94. The number of rotatable bonds is 2. The van der Waals surface area contributed by atoms with Crippen molar-refractivity contribution in [3.8, 4) is 11.1 Å². The summed E-state index contributed by atoms with van der Waals surface area (Å²) in [6.07, 6.45) is 0. The molecule has 2 aromatic carbocycles. The number of alkyl halides is 1. The molecule has 0 aromatic heterocycles. The van der Waals surface area contributed by atoms with Gasteiger partial charge in [0.1, 0.15) is 0 Å². The predicted octanol–water partition coefficient (Wildman–Crippen LogP) is 5.51. The van der Waals surface area contributed by atoms with Gasteiger partial charge >= 0.3 is 0 Å². The molecule has 0 aliphatic carbocycles. The van der Waals surface area contributed by atoms with Gasteiger partial charge in [-0.25, -0.2) is 0 Å². The van der Waals surface area contributed by atoms with Crippen molar-refractivity contribution in [1.82, 2.24) is 0 Å². The lowest BCUT2D eigenvalue weighted by Crippen LogP contribution is -1.86. The Morgan fingerprint density at radius 2 is 1.62 bits per heavy atom. The molecule has 0 spiro atoms. The van der Waals surface area contributed by atoms with Gasteiger partial charge in [0.2, 0.25) is 0 Å². The van der Waals surface area contributed by atoms with E-state index in [2.05, 4.69) is 15.9 Å². The lowest BCUT2D eigenvalue weighted by atomic mass is 10.0. The quantitative estimate of drug-likeness (QED) is 0.641. The first-order valence-corrected chi connectivity index (χ1v) is 6.53. The van der Waals surface area contributed by atoms with Crippen LogP contribution in [0.2, 0.25) is 5.02 Å². The third kappa shape index (κ3) is 2.27. The lowest BCUT2D eigenvalue weighted by molar-refractivity contribution is 1.37. The summed E-state index contributed by atoms with van der Waals surface area (Å²) in [6.45, 7) is 0.